The Morgan fingerprint density at radius 3 is 2.22 bits per heavy atom. The lowest BCUT2D eigenvalue weighted by Crippen LogP contribution is -2.33. The predicted octanol–water partition coefficient (Wildman–Crippen LogP) is 2.99. The van der Waals surface area contributed by atoms with E-state index in [-0.39, 0.29) is 27.6 Å². The molecule has 192 valence electrons. The Kier molecular flexibility index (Phi) is 8.45. The largest absolute Gasteiger partial charge is 0.497 e. The van der Waals surface area contributed by atoms with Gasteiger partial charge in [-0.1, -0.05) is 6.07 Å². The highest BCUT2D eigenvalue weighted by molar-refractivity contribution is 7.89. The van der Waals surface area contributed by atoms with Gasteiger partial charge in [0.05, 0.1) is 38.3 Å². The van der Waals surface area contributed by atoms with E-state index in [1.807, 2.05) is 0 Å². The quantitative estimate of drug-likeness (QED) is 0.374. The number of halogens is 2. The second kappa shape index (κ2) is 11.3. The van der Waals surface area contributed by atoms with E-state index in [9.17, 15) is 27.1 Å². The number of hydrogen-bond acceptors (Lipinski definition) is 7. The van der Waals surface area contributed by atoms with Crippen LogP contribution in [0.3, 0.4) is 0 Å². The molecule has 3 rings (SSSR count). The molecular weight excluding hydrogens is 498 g/mol. The van der Waals surface area contributed by atoms with Crippen LogP contribution in [0.5, 0.6) is 17.2 Å². The molecule has 0 spiro atoms. The summed E-state index contributed by atoms with van der Waals surface area (Å²) in [7, 11) is -0.00129. The molecule has 3 N–H and O–H groups in total. The minimum absolute atomic E-state index is 0.00117. The molecule has 12 heteroatoms. The summed E-state index contributed by atoms with van der Waals surface area (Å²) >= 11 is 0. The molecule has 0 aliphatic heterocycles. The summed E-state index contributed by atoms with van der Waals surface area (Å²) in [6.45, 7) is -0.674. The fraction of sp³-hybridized carbons (Fsp3) is 0.208. The second-order valence-corrected chi connectivity index (χ2v) is 9.15. The summed E-state index contributed by atoms with van der Waals surface area (Å²) in [4.78, 5) is 12.4. The monoisotopic (exact) mass is 522 g/mol. The third-order valence-corrected chi connectivity index (χ3v) is 6.59. The second-order valence-electron chi connectivity index (χ2n) is 7.38. The molecule has 0 aliphatic carbocycles. The first-order valence-electron chi connectivity index (χ1n) is 10.4. The van der Waals surface area contributed by atoms with Gasteiger partial charge in [0.2, 0.25) is 15.9 Å². The zero-order valence-corrected chi connectivity index (χ0v) is 20.4. The van der Waals surface area contributed by atoms with Crippen molar-refractivity contribution in [2.24, 2.45) is 0 Å². The minimum atomic E-state index is -4.11. The lowest BCUT2D eigenvalue weighted by molar-refractivity contribution is -0.115. The van der Waals surface area contributed by atoms with E-state index in [1.54, 1.807) is 0 Å². The molecule has 0 heterocycles. The Balaban J connectivity index is 1.81. The van der Waals surface area contributed by atoms with Crippen molar-refractivity contribution in [3.8, 4) is 17.2 Å². The van der Waals surface area contributed by atoms with Crippen LogP contribution in [0.25, 0.3) is 0 Å². The van der Waals surface area contributed by atoms with Crippen molar-refractivity contribution in [1.29, 1.82) is 0 Å². The number of rotatable bonds is 10. The number of aliphatic hydroxyl groups excluding tert-OH is 1. The summed E-state index contributed by atoms with van der Waals surface area (Å²) < 4.78 is 71.3. The summed E-state index contributed by atoms with van der Waals surface area (Å²) in [5.74, 6) is -2.00. The van der Waals surface area contributed by atoms with Crippen LogP contribution in [0, 0.1) is 11.6 Å². The zero-order valence-electron chi connectivity index (χ0n) is 19.5. The lowest BCUT2D eigenvalue weighted by atomic mass is 9.98. The number of sulfonamides is 1. The van der Waals surface area contributed by atoms with Crippen molar-refractivity contribution in [3.05, 3.63) is 77.4 Å². The summed E-state index contributed by atoms with van der Waals surface area (Å²) in [5, 5.41) is 13.2. The fourth-order valence-electron chi connectivity index (χ4n) is 3.36. The van der Waals surface area contributed by atoms with Crippen molar-refractivity contribution < 1.29 is 41.3 Å². The molecule has 3 aromatic carbocycles. The molecule has 0 saturated carbocycles. The van der Waals surface area contributed by atoms with Crippen LogP contribution in [0.2, 0.25) is 0 Å². The molecule has 9 nitrogen and oxygen atoms in total. The van der Waals surface area contributed by atoms with Crippen molar-refractivity contribution in [2.75, 3.05) is 33.2 Å². The maximum absolute atomic E-state index is 14.3. The number of hydrogen-bond donors (Lipinski definition) is 3. The number of methoxy groups -OCH3 is 3. The Labute approximate surface area is 206 Å². The van der Waals surface area contributed by atoms with Gasteiger partial charge < -0.3 is 24.6 Å². The Hall–Kier alpha value is -3.74. The summed E-state index contributed by atoms with van der Waals surface area (Å²) in [6.07, 6.45) is -1.79. The van der Waals surface area contributed by atoms with Gasteiger partial charge in [-0.2, -0.15) is 0 Å². The first-order chi connectivity index (χ1) is 17.1. The molecule has 0 radical (unpaired) electrons. The van der Waals surface area contributed by atoms with E-state index < -0.39 is 45.8 Å². The molecule has 1 atom stereocenters. The van der Waals surface area contributed by atoms with Crippen molar-refractivity contribution in [2.45, 2.75) is 11.0 Å². The molecule has 1 unspecified atom stereocenters. The number of nitrogens with one attached hydrogen (secondary N) is 2. The number of amides is 1. The van der Waals surface area contributed by atoms with E-state index in [2.05, 4.69) is 10.0 Å². The molecule has 0 bridgehead atoms. The van der Waals surface area contributed by atoms with Crippen LogP contribution < -0.4 is 24.2 Å². The van der Waals surface area contributed by atoms with Gasteiger partial charge in [0.15, 0.2) is 11.5 Å². The fourth-order valence-corrected chi connectivity index (χ4v) is 4.35. The molecule has 0 aromatic heterocycles. The summed E-state index contributed by atoms with van der Waals surface area (Å²) in [5.41, 5.74) is -0.675. The maximum atomic E-state index is 14.3. The van der Waals surface area contributed by atoms with Gasteiger partial charge in [-0.15, -0.1) is 0 Å². The molecule has 1 amide bonds. The Morgan fingerprint density at radius 1 is 0.944 bits per heavy atom. The first kappa shape index (κ1) is 26.9. The van der Waals surface area contributed by atoms with E-state index >= 15 is 0 Å². The van der Waals surface area contributed by atoms with Gasteiger partial charge in [0, 0.05) is 17.3 Å². The van der Waals surface area contributed by atoms with Gasteiger partial charge in [0.25, 0.3) is 0 Å². The zero-order chi connectivity index (χ0) is 26.5. The van der Waals surface area contributed by atoms with Crippen LogP contribution in [0.15, 0.2) is 59.5 Å². The topological polar surface area (TPSA) is 123 Å². The number of carbonyl (C=O) groups is 1. The Bertz CT molecular complexity index is 1350. The molecule has 0 saturated heterocycles. The van der Waals surface area contributed by atoms with Gasteiger partial charge in [-0.05, 0) is 42.5 Å². The normalized spacial score (nSPS) is 12.1. The van der Waals surface area contributed by atoms with Gasteiger partial charge >= 0.3 is 0 Å². The van der Waals surface area contributed by atoms with Crippen molar-refractivity contribution >= 4 is 21.6 Å². The third-order valence-electron chi connectivity index (χ3n) is 5.19. The molecule has 0 aliphatic rings. The number of carbonyl (C=O) groups excluding carboxylic acids is 1. The van der Waals surface area contributed by atoms with Crippen LogP contribution >= 0.6 is 0 Å². The highest BCUT2D eigenvalue weighted by atomic mass is 32.2. The predicted molar refractivity (Wildman–Crippen MR) is 127 cm³/mol. The number of benzene rings is 3. The molecule has 3 aromatic rings. The third kappa shape index (κ3) is 5.90. The van der Waals surface area contributed by atoms with E-state index in [4.69, 9.17) is 14.2 Å². The number of ether oxygens (including phenoxy) is 3. The van der Waals surface area contributed by atoms with Crippen molar-refractivity contribution in [1.82, 2.24) is 4.72 Å². The van der Waals surface area contributed by atoms with E-state index in [1.165, 1.54) is 57.7 Å². The lowest BCUT2D eigenvalue weighted by Gasteiger charge is -2.19. The van der Waals surface area contributed by atoms with Gasteiger partial charge in [0.1, 0.15) is 23.5 Å². The smallest absolute Gasteiger partial charge is 0.241 e. The number of anilines is 1. The minimum Gasteiger partial charge on any atom is -0.497 e. The molecule has 0 fully saturated rings. The summed E-state index contributed by atoms with van der Waals surface area (Å²) in [6, 6.07) is 11.2. The first-order valence-corrected chi connectivity index (χ1v) is 11.9. The number of aliphatic hydroxyl groups is 1. The highest BCUT2D eigenvalue weighted by Gasteiger charge is 2.24. The van der Waals surface area contributed by atoms with E-state index in [0.29, 0.717) is 5.75 Å². The van der Waals surface area contributed by atoms with Crippen LogP contribution in [0.4, 0.5) is 14.5 Å². The molecular formula is C24H24F2N2O7S. The van der Waals surface area contributed by atoms with E-state index in [0.717, 1.165) is 18.2 Å². The van der Waals surface area contributed by atoms with Gasteiger partial charge in [-0.3, -0.25) is 4.79 Å². The average Bonchev–Trinajstić information content (AvgIpc) is 2.87. The highest BCUT2D eigenvalue weighted by Crippen LogP contribution is 2.34. The Morgan fingerprint density at radius 2 is 1.61 bits per heavy atom. The van der Waals surface area contributed by atoms with Crippen LogP contribution in [-0.2, 0) is 14.8 Å². The van der Waals surface area contributed by atoms with Crippen molar-refractivity contribution in [3.63, 3.8) is 0 Å². The van der Waals surface area contributed by atoms with Crippen LogP contribution in [0.1, 0.15) is 17.2 Å². The standard InChI is InChI=1S/C24H24F2N2O7S/c1-33-14-7-9-19(16(11-14)24(30)23-17(25)5-4-6-18(23)26)28-22(29)13-27-36(31,32)15-8-10-20(34-2)21(12-15)35-3/h4-12,24,27,30H,13H2,1-3H3,(H,28,29). The SMILES string of the molecule is COc1ccc(NC(=O)CNS(=O)(=O)c2ccc(OC)c(OC)c2)c(C(O)c2c(F)cccc2F)c1. The van der Waals surface area contributed by atoms with Gasteiger partial charge in [-0.25, -0.2) is 21.9 Å². The molecule has 36 heavy (non-hydrogen) atoms. The average molecular weight is 523 g/mol. The van der Waals surface area contributed by atoms with Crippen LogP contribution in [-0.4, -0.2) is 47.3 Å². The maximum Gasteiger partial charge on any atom is 0.241 e.